The number of nitrogens with zero attached hydrogens (tertiary/aromatic N) is 2. The van der Waals surface area contributed by atoms with E-state index in [9.17, 15) is 0 Å². The number of nitrogens with two attached hydrogens (primary N) is 1. The van der Waals surface area contributed by atoms with Crippen molar-refractivity contribution >= 4 is 14.8 Å². The standard InChI is InChI=1S/C5H12N4Si/c6-2-1-3-10-5-4-7-9-8-5/h4H,1-3,6,10H2,(H,7,8,9). The first-order valence-corrected chi connectivity index (χ1v) is 5.19. The number of hydrogen-bond acceptors (Lipinski definition) is 3. The fourth-order valence-electron chi connectivity index (χ4n) is 0.798. The number of rotatable bonds is 4. The maximum atomic E-state index is 5.35. The lowest BCUT2D eigenvalue weighted by Gasteiger charge is -1.90. The molecule has 56 valence electrons. The van der Waals surface area contributed by atoms with Crippen molar-refractivity contribution in [3.8, 4) is 0 Å². The van der Waals surface area contributed by atoms with Crippen LogP contribution in [0.5, 0.6) is 0 Å². The molecule has 0 unspecified atom stereocenters. The Hall–Kier alpha value is -0.683. The van der Waals surface area contributed by atoms with Crippen LogP contribution >= 0.6 is 0 Å². The molecule has 0 spiro atoms. The highest BCUT2D eigenvalue weighted by atomic mass is 28.2. The van der Waals surface area contributed by atoms with Gasteiger partial charge in [0.1, 0.15) is 0 Å². The molecule has 3 N–H and O–H groups in total. The Labute approximate surface area is 62.0 Å². The van der Waals surface area contributed by atoms with Crippen LogP contribution in [-0.4, -0.2) is 31.5 Å². The zero-order valence-electron chi connectivity index (χ0n) is 5.88. The third-order valence-electron chi connectivity index (χ3n) is 1.35. The normalized spacial score (nSPS) is 11.3. The summed E-state index contributed by atoms with van der Waals surface area (Å²) >= 11 is 0. The lowest BCUT2D eigenvalue weighted by atomic mass is 10.5. The van der Waals surface area contributed by atoms with Crippen LogP contribution in [-0.2, 0) is 0 Å². The molecule has 1 rings (SSSR count). The predicted molar refractivity (Wildman–Crippen MR) is 43.0 cm³/mol. The summed E-state index contributed by atoms with van der Waals surface area (Å²) in [5, 5.41) is 11.4. The molecule has 0 bridgehead atoms. The molecule has 4 nitrogen and oxygen atoms in total. The average Bonchev–Trinajstić information content (AvgIpc) is 2.41. The molecule has 0 aliphatic rings. The van der Waals surface area contributed by atoms with Crippen molar-refractivity contribution in [2.75, 3.05) is 6.54 Å². The third-order valence-corrected chi connectivity index (χ3v) is 3.07. The van der Waals surface area contributed by atoms with Crippen molar-refractivity contribution < 1.29 is 0 Å². The highest BCUT2D eigenvalue weighted by Crippen LogP contribution is 1.82. The molecule has 0 saturated carbocycles. The summed E-state index contributed by atoms with van der Waals surface area (Å²) in [6.07, 6.45) is 3.00. The molecule has 1 heterocycles. The van der Waals surface area contributed by atoms with E-state index < -0.39 is 0 Å². The largest absolute Gasteiger partial charge is 0.330 e. The Kier molecular flexibility index (Phi) is 3.11. The van der Waals surface area contributed by atoms with Crippen LogP contribution in [0.1, 0.15) is 6.42 Å². The molecule has 10 heavy (non-hydrogen) atoms. The minimum atomic E-state index is -0.165. The summed E-state index contributed by atoms with van der Waals surface area (Å²) in [4.78, 5) is 0. The Morgan fingerprint density at radius 3 is 3.20 bits per heavy atom. The number of aromatic nitrogens is 3. The third kappa shape index (κ3) is 2.28. The van der Waals surface area contributed by atoms with Gasteiger partial charge in [-0.2, -0.15) is 0 Å². The first-order valence-electron chi connectivity index (χ1n) is 3.49. The Bertz CT molecular complexity index is 162. The highest BCUT2D eigenvalue weighted by molar-refractivity contribution is 6.52. The predicted octanol–water partition coefficient (Wildman–Crippen LogP) is -1.63. The second-order valence-corrected chi connectivity index (χ2v) is 4.14. The van der Waals surface area contributed by atoms with Gasteiger partial charge in [-0.1, -0.05) is 11.3 Å². The van der Waals surface area contributed by atoms with Crippen molar-refractivity contribution in [2.45, 2.75) is 12.5 Å². The van der Waals surface area contributed by atoms with Gasteiger partial charge >= 0.3 is 0 Å². The van der Waals surface area contributed by atoms with E-state index in [1.165, 1.54) is 6.04 Å². The molecule has 0 amide bonds. The van der Waals surface area contributed by atoms with Crippen LogP contribution in [0.2, 0.25) is 6.04 Å². The lowest BCUT2D eigenvalue weighted by molar-refractivity contribution is 0.924. The van der Waals surface area contributed by atoms with Crippen LogP contribution < -0.4 is 11.1 Å². The van der Waals surface area contributed by atoms with Gasteiger partial charge in [-0.05, 0) is 13.0 Å². The molecule has 1 aromatic rings. The highest BCUT2D eigenvalue weighted by Gasteiger charge is 1.94. The minimum Gasteiger partial charge on any atom is -0.330 e. The molecule has 0 saturated heterocycles. The first-order chi connectivity index (χ1) is 4.93. The summed E-state index contributed by atoms with van der Waals surface area (Å²) in [5.41, 5.74) is 5.35. The van der Waals surface area contributed by atoms with Crippen molar-refractivity contribution in [1.82, 2.24) is 15.4 Å². The fourth-order valence-corrected chi connectivity index (χ4v) is 2.11. The van der Waals surface area contributed by atoms with Crippen molar-refractivity contribution in [1.29, 1.82) is 0 Å². The number of aromatic amines is 1. The van der Waals surface area contributed by atoms with Crippen molar-refractivity contribution in [3.05, 3.63) is 6.20 Å². The van der Waals surface area contributed by atoms with Gasteiger partial charge in [0.15, 0.2) is 0 Å². The second-order valence-electron chi connectivity index (χ2n) is 2.21. The number of H-pyrrole nitrogens is 1. The average molecular weight is 156 g/mol. The van der Waals surface area contributed by atoms with Gasteiger partial charge in [0, 0.05) is 6.20 Å². The van der Waals surface area contributed by atoms with Crippen molar-refractivity contribution in [3.63, 3.8) is 0 Å². The Morgan fingerprint density at radius 1 is 1.70 bits per heavy atom. The Balaban J connectivity index is 2.15. The quantitative estimate of drug-likeness (QED) is 0.406. The van der Waals surface area contributed by atoms with Gasteiger partial charge in [-0.3, -0.25) is 5.10 Å². The van der Waals surface area contributed by atoms with E-state index in [1.54, 1.807) is 0 Å². The summed E-state index contributed by atoms with van der Waals surface area (Å²) in [5.74, 6) is 0. The fraction of sp³-hybridized carbons (Fsp3) is 0.600. The van der Waals surface area contributed by atoms with Gasteiger partial charge < -0.3 is 5.73 Å². The van der Waals surface area contributed by atoms with Gasteiger partial charge in [-0.25, -0.2) is 0 Å². The number of hydrogen-bond donors (Lipinski definition) is 2. The van der Waals surface area contributed by atoms with Gasteiger partial charge in [0.05, 0.1) is 14.8 Å². The summed E-state index contributed by atoms with van der Waals surface area (Å²) in [6, 6.07) is 1.24. The Morgan fingerprint density at radius 2 is 2.60 bits per heavy atom. The topological polar surface area (TPSA) is 67.6 Å². The second kappa shape index (κ2) is 4.18. The molecule has 0 aliphatic heterocycles. The SMILES string of the molecule is NCCC[SiH2]c1c[nH]nn1. The zero-order chi connectivity index (χ0) is 7.23. The summed E-state index contributed by atoms with van der Waals surface area (Å²) in [6.45, 7) is 0.796. The van der Waals surface area contributed by atoms with E-state index in [4.69, 9.17) is 5.73 Å². The molecular weight excluding hydrogens is 144 g/mol. The van der Waals surface area contributed by atoms with Gasteiger partial charge in [-0.15, -0.1) is 5.10 Å². The lowest BCUT2D eigenvalue weighted by Crippen LogP contribution is -2.15. The number of nitrogens with one attached hydrogen (secondary N) is 1. The van der Waals surface area contributed by atoms with Crippen LogP contribution in [0.25, 0.3) is 0 Å². The van der Waals surface area contributed by atoms with E-state index >= 15 is 0 Å². The van der Waals surface area contributed by atoms with E-state index in [0.29, 0.717) is 0 Å². The summed E-state index contributed by atoms with van der Waals surface area (Å²) in [7, 11) is -0.165. The monoisotopic (exact) mass is 156 g/mol. The molecule has 0 fully saturated rings. The van der Waals surface area contributed by atoms with Crippen LogP contribution in [0.4, 0.5) is 0 Å². The maximum Gasteiger partial charge on any atom is 0.0831 e. The first kappa shape index (κ1) is 7.42. The minimum absolute atomic E-state index is 0.165. The molecule has 1 aromatic heterocycles. The molecule has 0 radical (unpaired) electrons. The van der Waals surface area contributed by atoms with E-state index in [2.05, 4.69) is 15.4 Å². The van der Waals surface area contributed by atoms with Crippen LogP contribution in [0.15, 0.2) is 6.20 Å². The van der Waals surface area contributed by atoms with Crippen LogP contribution in [0, 0.1) is 0 Å². The van der Waals surface area contributed by atoms with E-state index in [0.717, 1.165) is 18.3 Å². The zero-order valence-corrected chi connectivity index (χ0v) is 7.29. The van der Waals surface area contributed by atoms with Crippen LogP contribution in [0.3, 0.4) is 0 Å². The van der Waals surface area contributed by atoms with Gasteiger partial charge in [0.25, 0.3) is 0 Å². The van der Waals surface area contributed by atoms with E-state index in [1.807, 2.05) is 6.20 Å². The molecule has 0 aliphatic carbocycles. The van der Waals surface area contributed by atoms with Gasteiger partial charge in [0.2, 0.25) is 0 Å². The molecular formula is C5H12N4Si. The molecule has 0 atom stereocenters. The maximum absolute atomic E-state index is 5.35. The van der Waals surface area contributed by atoms with Crippen molar-refractivity contribution in [2.24, 2.45) is 5.73 Å². The summed E-state index contributed by atoms with van der Waals surface area (Å²) < 4.78 is 0. The molecule has 5 heteroatoms. The smallest absolute Gasteiger partial charge is 0.0831 e. The van der Waals surface area contributed by atoms with E-state index in [-0.39, 0.29) is 9.52 Å². The molecule has 0 aromatic carbocycles.